The highest BCUT2D eigenvalue weighted by molar-refractivity contribution is 6.29. The predicted octanol–water partition coefficient (Wildman–Crippen LogP) is 18.0. The van der Waals surface area contributed by atoms with E-state index in [1.807, 2.05) is 0 Å². The molecule has 66 heavy (non-hydrogen) atoms. The molecule has 0 unspecified atom stereocenters. The second kappa shape index (κ2) is 14.4. The van der Waals surface area contributed by atoms with Crippen molar-refractivity contribution in [2.45, 2.75) is 0 Å². The van der Waals surface area contributed by atoms with Crippen molar-refractivity contribution in [1.82, 2.24) is 4.57 Å². The molecule has 14 rings (SSSR count). The molecule has 0 fully saturated rings. The van der Waals surface area contributed by atoms with Gasteiger partial charge in [-0.3, -0.25) is 0 Å². The van der Waals surface area contributed by atoms with E-state index in [4.69, 9.17) is 4.42 Å². The highest BCUT2D eigenvalue weighted by Gasteiger charge is 2.24. The zero-order valence-corrected chi connectivity index (χ0v) is 35.9. The smallest absolute Gasteiger partial charge is 0.136 e. The van der Waals surface area contributed by atoms with E-state index in [0.717, 1.165) is 33.2 Å². The molecule has 14 aromatic rings. The summed E-state index contributed by atoms with van der Waals surface area (Å²) in [6.45, 7) is 0. The van der Waals surface area contributed by atoms with E-state index < -0.39 is 0 Å². The molecular weight excluding hydrogens is 799 g/mol. The summed E-state index contributed by atoms with van der Waals surface area (Å²) < 4.78 is 9.26. The Kier molecular flexibility index (Phi) is 8.02. The van der Waals surface area contributed by atoms with Crippen LogP contribution in [0.4, 0.5) is 0 Å². The molecule has 0 atom stereocenters. The van der Waals surface area contributed by atoms with Gasteiger partial charge in [-0.05, 0) is 118 Å². The van der Waals surface area contributed by atoms with E-state index >= 15 is 0 Å². The van der Waals surface area contributed by atoms with E-state index in [1.165, 1.54) is 104 Å². The van der Waals surface area contributed by atoms with Crippen LogP contribution in [0.25, 0.3) is 137 Å². The summed E-state index contributed by atoms with van der Waals surface area (Å²) in [6.07, 6.45) is 0. The van der Waals surface area contributed by atoms with E-state index in [0.29, 0.717) is 0 Å². The lowest BCUT2D eigenvalue weighted by atomic mass is 9.84. The highest BCUT2D eigenvalue weighted by Crippen LogP contribution is 2.50. The molecule has 12 aromatic carbocycles. The average Bonchev–Trinajstić information content (AvgIpc) is 3.94. The van der Waals surface area contributed by atoms with Gasteiger partial charge in [0.05, 0.1) is 11.0 Å². The van der Waals surface area contributed by atoms with Gasteiger partial charge in [-0.2, -0.15) is 0 Å². The predicted molar refractivity (Wildman–Crippen MR) is 280 cm³/mol. The maximum absolute atomic E-state index is 6.80. The average molecular weight is 838 g/mol. The van der Waals surface area contributed by atoms with Crippen LogP contribution >= 0.6 is 0 Å². The van der Waals surface area contributed by atoms with Gasteiger partial charge in [0.2, 0.25) is 0 Å². The first-order valence-electron chi connectivity index (χ1n) is 22.8. The molecule has 0 radical (unpaired) electrons. The minimum Gasteiger partial charge on any atom is -0.456 e. The van der Waals surface area contributed by atoms with Gasteiger partial charge in [-0.25, -0.2) is 0 Å². The summed E-state index contributed by atoms with van der Waals surface area (Å²) in [4.78, 5) is 0. The van der Waals surface area contributed by atoms with Gasteiger partial charge in [-0.15, -0.1) is 0 Å². The Morgan fingerprint density at radius 1 is 0.273 bits per heavy atom. The van der Waals surface area contributed by atoms with Crippen molar-refractivity contribution in [3.63, 3.8) is 0 Å². The highest BCUT2D eigenvalue weighted by atomic mass is 16.3. The monoisotopic (exact) mass is 837 g/mol. The lowest BCUT2D eigenvalue weighted by molar-refractivity contribution is 0.669. The molecule has 0 bridgehead atoms. The van der Waals surface area contributed by atoms with Gasteiger partial charge >= 0.3 is 0 Å². The summed E-state index contributed by atoms with van der Waals surface area (Å²) >= 11 is 0. The van der Waals surface area contributed by atoms with Crippen LogP contribution in [0, 0.1) is 0 Å². The third-order valence-electron chi connectivity index (χ3n) is 14.0. The van der Waals surface area contributed by atoms with E-state index in [9.17, 15) is 0 Å². The summed E-state index contributed by atoms with van der Waals surface area (Å²) in [7, 11) is 0. The van der Waals surface area contributed by atoms with Crippen molar-refractivity contribution in [2.75, 3.05) is 0 Å². The van der Waals surface area contributed by atoms with E-state index in [2.05, 4.69) is 241 Å². The summed E-state index contributed by atoms with van der Waals surface area (Å²) in [5, 5.41) is 14.5. The van der Waals surface area contributed by atoms with E-state index in [-0.39, 0.29) is 0 Å². The molecule has 0 saturated carbocycles. The Bertz CT molecular complexity index is 4160. The Morgan fingerprint density at radius 3 is 1.33 bits per heavy atom. The van der Waals surface area contributed by atoms with E-state index in [1.54, 1.807) is 0 Å². The van der Waals surface area contributed by atoms with Crippen molar-refractivity contribution >= 4 is 86.8 Å². The van der Waals surface area contributed by atoms with Crippen LogP contribution in [0.2, 0.25) is 0 Å². The first kappa shape index (κ1) is 36.7. The van der Waals surface area contributed by atoms with Crippen LogP contribution in [0.15, 0.2) is 241 Å². The minimum atomic E-state index is 0.876. The Balaban J connectivity index is 1.05. The third-order valence-corrected chi connectivity index (χ3v) is 14.0. The van der Waals surface area contributed by atoms with Crippen LogP contribution in [0.5, 0.6) is 0 Å². The molecule has 0 aliphatic carbocycles. The zero-order valence-electron chi connectivity index (χ0n) is 35.9. The Morgan fingerprint density at radius 2 is 0.727 bits per heavy atom. The topological polar surface area (TPSA) is 18.1 Å². The molecule has 306 valence electrons. The number of rotatable bonds is 5. The molecule has 2 heteroatoms. The van der Waals surface area contributed by atoms with Gasteiger partial charge in [-0.1, -0.05) is 200 Å². The first-order chi connectivity index (χ1) is 32.8. The van der Waals surface area contributed by atoms with Gasteiger partial charge < -0.3 is 8.98 Å². The second-order valence-corrected chi connectivity index (χ2v) is 17.4. The number of hydrogen-bond donors (Lipinski definition) is 0. The molecule has 0 amide bonds. The van der Waals surface area contributed by atoms with Crippen molar-refractivity contribution in [3.05, 3.63) is 237 Å². The van der Waals surface area contributed by atoms with Crippen LogP contribution in [0.1, 0.15) is 0 Å². The standard InChI is InChI=1S/C64H39NO/c1-3-19-40(20-4-1)59-44-24-7-9-26-46(44)60(47-27-10-8-25-45(47)59)41-37-38-57-55(39-41)63-53(33-18-36-58(63)66-57)61-48-28-11-13-30-50(48)62(51-31-14-12-29-49(51)61)54-34-17-32-52-43-23-15-16-35-56(43)65(64(52)54)42-21-5-2-6-22-42/h1-39H. The molecule has 2 heterocycles. The number of aromatic nitrogens is 1. The number of para-hydroxylation sites is 3. The lowest BCUT2D eigenvalue weighted by Crippen LogP contribution is -1.96. The van der Waals surface area contributed by atoms with Gasteiger partial charge in [0, 0.05) is 32.8 Å². The fourth-order valence-electron chi connectivity index (χ4n) is 11.3. The van der Waals surface area contributed by atoms with Crippen LogP contribution in [-0.4, -0.2) is 4.57 Å². The van der Waals surface area contributed by atoms with Gasteiger partial charge in [0.15, 0.2) is 0 Å². The lowest BCUT2D eigenvalue weighted by Gasteiger charge is -2.20. The number of benzene rings is 12. The van der Waals surface area contributed by atoms with Crippen LogP contribution < -0.4 is 0 Å². The fourth-order valence-corrected chi connectivity index (χ4v) is 11.3. The number of fused-ring (bicyclic) bond motifs is 10. The Hall–Kier alpha value is -8.72. The molecule has 0 saturated heterocycles. The molecular formula is C64H39NO. The largest absolute Gasteiger partial charge is 0.456 e. The maximum atomic E-state index is 6.80. The molecule has 0 aliphatic rings. The Labute approximate surface area is 380 Å². The van der Waals surface area contributed by atoms with Gasteiger partial charge in [0.25, 0.3) is 0 Å². The summed E-state index contributed by atoms with van der Waals surface area (Å²) in [5.74, 6) is 0. The second-order valence-electron chi connectivity index (χ2n) is 17.4. The first-order valence-corrected chi connectivity index (χ1v) is 22.8. The van der Waals surface area contributed by atoms with Crippen molar-refractivity contribution in [2.24, 2.45) is 0 Å². The maximum Gasteiger partial charge on any atom is 0.136 e. The normalized spacial score (nSPS) is 11.9. The fraction of sp³-hybridized carbons (Fsp3) is 0. The number of furan rings is 1. The van der Waals surface area contributed by atoms with Crippen LogP contribution in [0.3, 0.4) is 0 Å². The molecule has 2 aromatic heterocycles. The minimum absolute atomic E-state index is 0.876. The van der Waals surface area contributed by atoms with Crippen molar-refractivity contribution in [1.29, 1.82) is 0 Å². The van der Waals surface area contributed by atoms with Crippen molar-refractivity contribution in [3.8, 4) is 50.2 Å². The summed E-state index contributed by atoms with van der Waals surface area (Å²) in [5.41, 5.74) is 15.0. The zero-order chi connectivity index (χ0) is 43.3. The molecule has 0 aliphatic heterocycles. The SMILES string of the molecule is c1ccc(-c2c3ccccc3c(-c3ccc4oc5cccc(-c6c7ccccc7c(-c7cccc8c9ccccc9n(-c9ccccc9)c78)c7ccccc67)c5c4c3)c3ccccc23)cc1. The number of hydrogen-bond acceptors (Lipinski definition) is 1. The van der Waals surface area contributed by atoms with Crippen LogP contribution in [-0.2, 0) is 0 Å². The van der Waals surface area contributed by atoms with Crippen molar-refractivity contribution < 1.29 is 4.42 Å². The molecule has 2 nitrogen and oxygen atoms in total. The number of nitrogens with zero attached hydrogens (tertiary/aromatic N) is 1. The quantitative estimate of drug-likeness (QED) is 0.158. The molecule has 0 N–H and O–H groups in total. The molecule has 0 spiro atoms. The summed E-state index contributed by atoms with van der Waals surface area (Å²) in [6, 6.07) is 86.4. The van der Waals surface area contributed by atoms with Gasteiger partial charge in [0.1, 0.15) is 11.2 Å². The third kappa shape index (κ3) is 5.30.